The van der Waals surface area contributed by atoms with Gasteiger partial charge in [-0.2, -0.15) is 0 Å². The fraction of sp³-hybridized carbons (Fsp3) is 0.385. The summed E-state index contributed by atoms with van der Waals surface area (Å²) in [7, 11) is 0. The van der Waals surface area contributed by atoms with Gasteiger partial charge in [-0.3, -0.25) is 14.8 Å². The van der Waals surface area contributed by atoms with E-state index in [1.165, 1.54) is 12.6 Å². The Morgan fingerprint density at radius 2 is 2.26 bits per heavy atom. The van der Waals surface area contributed by atoms with Gasteiger partial charge in [-0.15, -0.1) is 0 Å². The average Bonchev–Trinajstić information content (AvgIpc) is 3.02. The van der Waals surface area contributed by atoms with Crippen molar-refractivity contribution in [2.45, 2.75) is 18.8 Å². The highest BCUT2D eigenvalue weighted by atomic mass is 16.3. The van der Waals surface area contributed by atoms with Crippen molar-refractivity contribution in [1.82, 2.24) is 19.9 Å². The van der Waals surface area contributed by atoms with Crippen LogP contribution in [0.25, 0.3) is 0 Å². The molecule has 0 aromatic carbocycles. The summed E-state index contributed by atoms with van der Waals surface area (Å²) in [6.45, 7) is 1.40. The fourth-order valence-electron chi connectivity index (χ4n) is 2.40. The van der Waals surface area contributed by atoms with E-state index in [9.17, 15) is 4.79 Å². The van der Waals surface area contributed by atoms with E-state index < -0.39 is 0 Å². The van der Waals surface area contributed by atoms with Gasteiger partial charge in [-0.05, 0) is 12.8 Å². The first-order valence-corrected chi connectivity index (χ1v) is 6.28. The molecule has 6 nitrogen and oxygen atoms in total. The van der Waals surface area contributed by atoms with Gasteiger partial charge in [0.1, 0.15) is 0 Å². The van der Waals surface area contributed by atoms with E-state index in [0.717, 1.165) is 25.1 Å². The van der Waals surface area contributed by atoms with Crippen LogP contribution in [0.15, 0.2) is 35.6 Å². The molecule has 0 radical (unpaired) electrons. The lowest BCUT2D eigenvalue weighted by molar-refractivity contribution is 0.0673. The number of carbonyl (C=O) groups is 1. The molecule has 1 aliphatic heterocycles. The Bertz CT molecular complexity index is 541. The summed E-state index contributed by atoms with van der Waals surface area (Å²) in [5.41, 5.74) is 0.942. The first-order chi connectivity index (χ1) is 9.34. The Hall–Kier alpha value is -2.24. The van der Waals surface area contributed by atoms with Crippen LogP contribution in [0.2, 0.25) is 0 Å². The molecule has 1 saturated heterocycles. The molecule has 6 heteroatoms. The first-order valence-electron chi connectivity index (χ1n) is 6.28. The molecule has 0 unspecified atom stereocenters. The second-order valence-electron chi connectivity index (χ2n) is 4.59. The lowest BCUT2D eigenvalue weighted by Gasteiger charge is -2.31. The van der Waals surface area contributed by atoms with Gasteiger partial charge in [0.05, 0.1) is 11.9 Å². The Morgan fingerprint density at radius 3 is 3.00 bits per heavy atom. The number of aromatic nitrogens is 3. The molecule has 0 saturated carbocycles. The molecule has 0 spiro atoms. The van der Waals surface area contributed by atoms with Gasteiger partial charge in [0.2, 0.25) is 5.76 Å². The van der Waals surface area contributed by atoms with Crippen molar-refractivity contribution < 1.29 is 9.21 Å². The van der Waals surface area contributed by atoms with Crippen LogP contribution in [-0.4, -0.2) is 38.8 Å². The van der Waals surface area contributed by atoms with Gasteiger partial charge >= 0.3 is 0 Å². The number of piperidine rings is 1. The smallest absolute Gasteiger partial charge is 0.291 e. The maximum Gasteiger partial charge on any atom is 0.291 e. The molecule has 1 atom stereocenters. The summed E-state index contributed by atoms with van der Waals surface area (Å²) in [6, 6.07) is 0. The normalized spacial score (nSPS) is 19.4. The van der Waals surface area contributed by atoms with E-state index >= 15 is 0 Å². The highest BCUT2D eigenvalue weighted by molar-refractivity contribution is 5.91. The minimum atomic E-state index is -0.105. The van der Waals surface area contributed by atoms with Gasteiger partial charge in [0.25, 0.3) is 5.91 Å². The number of rotatable bonds is 2. The zero-order valence-electron chi connectivity index (χ0n) is 10.4. The molecule has 3 heterocycles. The number of oxazole rings is 1. The summed E-state index contributed by atoms with van der Waals surface area (Å²) in [5, 5.41) is 0. The molecule has 1 amide bonds. The zero-order valence-corrected chi connectivity index (χ0v) is 10.4. The van der Waals surface area contributed by atoms with E-state index in [-0.39, 0.29) is 11.8 Å². The quantitative estimate of drug-likeness (QED) is 0.816. The second-order valence-corrected chi connectivity index (χ2v) is 4.59. The van der Waals surface area contributed by atoms with Crippen molar-refractivity contribution in [3.05, 3.63) is 42.6 Å². The van der Waals surface area contributed by atoms with Gasteiger partial charge in [0.15, 0.2) is 6.39 Å². The monoisotopic (exact) mass is 258 g/mol. The Kier molecular flexibility index (Phi) is 3.22. The lowest BCUT2D eigenvalue weighted by Crippen LogP contribution is -2.39. The first kappa shape index (κ1) is 11.8. The predicted octanol–water partition coefficient (Wildman–Crippen LogP) is 1.48. The van der Waals surface area contributed by atoms with E-state index in [2.05, 4.69) is 15.0 Å². The van der Waals surface area contributed by atoms with Crippen LogP contribution in [0.3, 0.4) is 0 Å². The van der Waals surface area contributed by atoms with Crippen LogP contribution in [0, 0.1) is 0 Å². The highest BCUT2D eigenvalue weighted by Gasteiger charge is 2.27. The van der Waals surface area contributed by atoms with Gasteiger partial charge in [0, 0.05) is 37.6 Å². The van der Waals surface area contributed by atoms with Crippen molar-refractivity contribution in [3.8, 4) is 0 Å². The Balaban J connectivity index is 1.73. The van der Waals surface area contributed by atoms with Crippen molar-refractivity contribution in [2.75, 3.05) is 13.1 Å². The molecular formula is C13H14N4O2. The minimum absolute atomic E-state index is 0.105. The van der Waals surface area contributed by atoms with Crippen LogP contribution in [0.5, 0.6) is 0 Å². The molecule has 0 N–H and O–H groups in total. The van der Waals surface area contributed by atoms with Crippen LogP contribution in [0.4, 0.5) is 0 Å². The highest BCUT2D eigenvalue weighted by Crippen LogP contribution is 2.25. The van der Waals surface area contributed by atoms with Crippen LogP contribution in [-0.2, 0) is 0 Å². The zero-order chi connectivity index (χ0) is 13.1. The van der Waals surface area contributed by atoms with Crippen LogP contribution < -0.4 is 0 Å². The molecule has 0 bridgehead atoms. The number of amides is 1. The fourth-order valence-corrected chi connectivity index (χ4v) is 2.40. The third kappa shape index (κ3) is 2.47. The lowest BCUT2D eigenvalue weighted by atomic mass is 9.95. The van der Waals surface area contributed by atoms with Crippen LogP contribution in [0.1, 0.15) is 35.0 Å². The molecule has 3 rings (SSSR count). The SMILES string of the molecule is O=C(c1cnco1)N1CCC[C@@H](c2cnccn2)C1. The van der Waals surface area contributed by atoms with Crippen molar-refractivity contribution in [3.63, 3.8) is 0 Å². The second kappa shape index (κ2) is 5.17. The molecule has 1 aliphatic rings. The van der Waals surface area contributed by atoms with E-state index in [1.807, 2.05) is 0 Å². The summed E-state index contributed by atoms with van der Waals surface area (Å²) in [5.74, 6) is 0.431. The summed E-state index contributed by atoms with van der Waals surface area (Å²) >= 11 is 0. The summed E-state index contributed by atoms with van der Waals surface area (Å²) in [4.78, 5) is 26.2. The largest absolute Gasteiger partial charge is 0.438 e. The molecule has 98 valence electrons. The van der Waals surface area contributed by atoms with E-state index in [4.69, 9.17) is 4.42 Å². The van der Waals surface area contributed by atoms with E-state index in [0.29, 0.717) is 12.3 Å². The molecular weight excluding hydrogens is 244 g/mol. The third-order valence-corrected chi connectivity index (χ3v) is 3.35. The molecule has 2 aromatic rings. The molecule has 1 fully saturated rings. The van der Waals surface area contributed by atoms with Crippen molar-refractivity contribution >= 4 is 5.91 Å². The van der Waals surface area contributed by atoms with E-state index in [1.54, 1.807) is 23.5 Å². The standard InChI is InChI=1S/C13H14N4O2/c18-13(12-7-15-9-19-12)17-5-1-2-10(8-17)11-6-14-3-4-16-11/h3-4,6-7,9-10H,1-2,5,8H2/t10-/m1/s1. The van der Waals surface area contributed by atoms with Crippen LogP contribution >= 0.6 is 0 Å². The third-order valence-electron chi connectivity index (χ3n) is 3.35. The number of hydrogen-bond acceptors (Lipinski definition) is 5. The number of hydrogen-bond donors (Lipinski definition) is 0. The molecule has 0 aliphatic carbocycles. The number of likely N-dealkylation sites (tertiary alicyclic amines) is 1. The summed E-state index contributed by atoms with van der Waals surface area (Å²) < 4.78 is 5.06. The molecule has 19 heavy (non-hydrogen) atoms. The van der Waals surface area contributed by atoms with Gasteiger partial charge in [-0.25, -0.2) is 4.98 Å². The Labute approximate surface area is 110 Å². The average molecular weight is 258 g/mol. The van der Waals surface area contributed by atoms with Crippen molar-refractivity contribution in [1.29, 1.82) is 0 Å². The summed E-state index contributed by atoms with van der Waals surface area (Å²) in [6.07, 6.45) is 9.83. The topological polar surface area (TPSA) is 72.1 Å². The Morgan fingerprint density at radius 1 is 1.32 bits per heavy atom. The number of carbonyl (C=O) groups excluding carboxylic acids is 1. The van der Waals surface area contributed by atoms with Gasteiger partial charge < -0.3 is 9.32 Å². The minimum Gasteiger partial charge on any atom is -0.438 e. The molecule has 2 aromatic heterocycles. The van der Waals surface area contributed by atoms with Crippen molar-refractivity contribution in [2.24, 2.45) is 0 Å². The number of nitrogens with zero attached hydrogens (tertiary/aromatic N) is 4. The van der Waals surface area contributed by atoms with Gasteiger partial charge in [-0.1, -0.05) is 0 Å². The maximum absolute atomic E-state index is 12.2. The predicted molar refractivity (Wildman–Crippen MR) is 66.4 cm³/mol. The maximum atomic E-state index is 12.2.